The lowest BCUT2D eigenvalue weighted by Gasteiger charge is -2.23. The highest BCUT2D eigenvalue weighted by molar-refractivity contribution is 5.89. The zero-order valence-electron chi connectivity index (χ0n) is 17.5. The average molecular weight is 407 g/mol. The molecule has 1 aliphatic rings. The van der Waals surface area contributed by atoms with E-state index < -0.39 is 0 Å². The minimum Gasteiger partial charge on any atom is -0.447 e. The summed E-state index contributed by atoms with van der Waals surface area (Å²) in [6.07, 6.45) is 1.25. The molecular weight excluding hydrogens is 382 g/mol. The molecule has 0 radical (unpaired) electrons. The highest BCUT2D eigenvalue weighted by atomic mass is 16.6. The van der Waals surface area contributed by atoms with Crippen molar-refractivity contribution in [3.8, 4) is 5.69 Å². The molecule has 1 amide bonds. The highest BCUT2D eigenvalue weighted by Gasteiger charge is 2.37. The van der Waals surface area contributed by atoms with Crippen LogP contribution in [-0.4, -0.2) is 43.7 Å². The number of benzene rings is 1. The molecular formula is C21H25N7O2. The number of hydrogen-bond donors (Lipinski definition) is 1. The van der Waals surface area contributed by atoms with Gasteiger partial charge in [-0.1, -0.05) is 37.3 Å². The van der Waals surface area contributed by atoms with Crippen molar-refractivity contribution in [2.75, 3.05) is 16.8 Å². The number of carbonyl (C=O) groups is 1. The quantitative estimate of drug-likeness (QED) is 0.667. The summed E-state index contributed by atoms with van der Waals surface area (Å²) >= 11 is 0. The highest BCUT2D eigenvalue weighted by Crippen LogP contribution is 2.27. The summed E-state index contributed by atoms with van der Waals surface area (Å²) < 4.78 is 7.03. The summed E-state index contributed by atoms with van der Waals surface area (Å²) in [4.78, 5) is 22.7. The number of cyclic esters (lactones) is 1. The molecule has 2 atom stereocenters. The van der Waals surface area contributed by atoms with Crippen LogP contribution in [0.2, 0.25) is 0 Å². The number of amides is 1. The second-order valence-electron chi connectivity index (χ2n) is 7.67. The van der Waals surface area contributed by atoms with E-state index in [9.17, 15) is 4.79 Å². The predicted octanol–water partition coefficient (Wildman–Crippen LogP) is 3.52. The van der Waals surface area contributed by atoms with Crippen LogP contribution in [0.5, 0.6) is 0 Å². The zero-order chi connectivity index (χ0) is 21.3. The van der Waals surface area contributed by atoms with Gasteiger partial charge in [-0.25, -0.2) is 14.5 Å². The number of para-hydroxylation sites is 1. The van der Waals surface area contributed by atoms with E-state index in [1.807, 2.05) is 44.2 Å². The van der Waals surface area contributed by atoms with E-state index in [0.717, 1.165) is 17.1 Å². The molecule has 1 fully saturated rings. The van der Waals surface area contributed by atoms with Crippen molar-refractivity contribution in [3.05, 3.63) is 54.0 Å². The van der Waals surface area contributed by atoms with Crippen molar-refractivity contribution in [1.29, 1.82) is 0 Å². The summed E-state index contributed by atoms with van der Waals surface area (Å²) in [5.74, 6) is 1.18. The SMILES string of the molecule is Cc1c(C(C)Nc2nccc(N3C(=O)OC[C@@H]3C(C)C)n2)nnn1-c1ccccc1. The molecule has 0 aliphatic carbocycles. The average Bonchev–Trinajstić information content (AvgIpc) is 3.31. The molecule has 4 rings (SSSR count). The first-order valence-corrected chi connectivity index (χ1v) is 9.99. The van der Waals surface area contributed by atoms with Gasteiger partial charge in [-0.15, -0.1) is 5.10 Å². The van der Waals surface area contributed by atoms with Gasteiger partial charge in [-0.05, 0) is 38.0 Å². The largest absolute Gasteiger partial charge is 0.447 e. The molecule has 1 N–H and O–H groups in total. The van der Waals surface area contributed by atoms with E-state index in [1.165, 1.54) is 0 Å². The molecule has 0 saturated carbocycles. The van der Waals surface area contributed by atoms with Crippen LogP contribution < -0.4 is 10.2 Å². The molecule has 2 aromatic heterocycles. The van der Waals surface area contributed by atoms with Crippen molar-refractivity contribution >= 4 is 17.9 Å². The molecule has 1 aliphatic heterocycles. The molecule has 0 bridgehead atoms. The fourth-order valence-corrected chi connectivity index (χ4v) is 3.56. The Labute approximate surface area is 175 Å². The maximum atomic E-state index is 12.2. The second kappa shape index (κ2) is 8.10. The Hall–Kier alpha value is -3.49. The maximum Gasteiger partial charge on any atom is 0.415 e. The number of nitrogens with zero attached hydrogens (tertiary/aromatic N) is 6. The van der Waals surface area contributed by atoms with Crippen molar-refractivity contribution in [1.82, 2.24) is 25.0 Å². The van der Waals surface area contributed by atoms with Gasteiger partial charge < -0.3 is 10.1 Å². The topological polar surface area (TPSA) is 98.1 Å². The van der Waals surface area contributed by atoms with Crippen molar-refractivity contribution < 1.29 is 9.53 Å². The fraction of sp³-hybridized carbons (Fsp3) is 0.381. The molecule has 1 unspecified atom stereocenters. The van der Waals surface area contributed by atoms with E-state index in [4.69, 9.17) is 4.74 Å². The molecule has 30 heavy (non-hydrogen) atoms. The molecule has 3 aromatic rings. The van der Waals surface area contributed by atoms with E-state index in [1.54, 1.807) is 21.8 Å². The summed E-state index contributed by atoms with van der Waals surface area (Å²) in [5.41, 5.74) is 2.68. The van der Waals surface area contributed by atoms with Crippen LogP contribution in [0.1, 0.15) is 38.2 Å². The molecule has 3 heterocycles. The number of ether oxygens (including phenoxy) is 1. The lowest BCUT2D eigenvalue weighted by atomic mass is 10.0. The summed E-state index contributed by atoms with van der Waals surface area (Å²) in [6.45, 7) is 8.43. The van der Waals surface area contributed by atoms with Crippen LogP contribution in [0.25, 0.3) is 5.69 Å². The molecule has 0 spiro atoms. The lowest BCUT2D eigenvalue weighted by Crippen LogP contribution is -2.37. The van der Waals surface area contributed by atoms with Crippen LogP contribution in [0.4, 0.5) is 16.6 Å². The van der Waals surface area contributed by atoms with Crippen LogP contribution in [0.15, 0.2) is 42.6 Å². The fourth-order valence-electron chi connectivity index (χ4n) is 3.56. The standard InChI is InChI=1S/C21H25N7O2/c1-13(2)17-12-30-21(29)27(17)18-10-11-22-20(24-18)23-14(3)19-15(4)28(26-25-19)16-8-6-5-7-9-16/h5-11,13-14,17H,12H2,1-4H3,(H,22,23,24)/t14?,17-/m1/s1. The van der Waals surface area contributed by atoms with Crippen LogP contribution in [0.3, 0.4) is 0 Å². The van der Waals surface area contributed by atoms with Crippen molar-refractivity contribution in [2.24, 2.45) is 5.92 Å². The van der Waals surface area contributed by atoms with Gasteiger partial charge in [0.05, 0.1) is 23.5 Å². The second-order valence-corrected chi connectivity index (χ2v) is 7.67. The van der Waals surface area contributed by atoms with E-state index in [-0.39, 0.29) is 24.1 Å². The number of nitrogens with one attached hydrogen (secondary N) is 1. The number of hydrogen-bond acceptors (Lipinski definition) is 7. The van der Waals surface area contributed by atoms with Gasteiger partial charge in [0.1, 0.15) is 18.1 Å². The van der Waals surface area contributed by atoms with Gasteiger partial charge in [-0.3, -0.25) is 4.90 Å². The van der Waals surface area contributed by atoms with Crippen LogP contribution in [-0.2, 0) is 4.74 Å². The maximum absolute atomic E-state index is 12.2. The van der Waals surface area contributed by atoms with Crippen molar-refractivity contribution in [3.63, 3.8) is 0 Å². The predicted molar refractivity (Wildman–Crippen MR) is 113 cm³/mol. The Kier molecular flexibility index (Phi) is 5.35. The minimum absolute atomic E-state index is 0.0503. The number of rotatable bonds is 6. The first-order valence-electron chi connectivity index (χ1n) is 9.99. The smallest absolute Gasteiger partial charge is 0.415 e. The minimum atomic E-state index is -0.381. The normalized spacial score (nSPS) is 17.3. The third-order valence-electron chi connectivity index (χ3n) is 5.25. The third kappa shape index (κ3) is 3.70. The van der Waals surface area contributed by atoms with E-state index in [2.05, 4.69) is 39.4 Å². The van der Waals surface area contributed by atoms with Gasteiger partial charge in [0, 0.05) is 6.20 Å². The Morgan fingerprint density at radius 3 is 2.67 bits per heavy atom. The molecule has 9 nitrogen and oxygen atoms in total. The number of carbonyl (C=O) groups excluding carboxylic acids is 1. The Morgan fingerprint density at radius 1 is 1.17 bits per heavy atom. The molecule has 156 valence electrons. The monoisotopic (exact) mass is 407 g/mol. The first-order chi connectivity index (χ1) is 14.5. The van der Waals surface area contributed by atoms with Crippen LogP contribution >= 0.6 is 0 Å². The van der Waals surface area contributed by atoms with Gasteiger partial charge >= 0.3 is 6.09 Å². The summed E-state index contributed by atoms with van der Waals surface area (Å²) in [6, 6.07) is 11.3. The Balaban J connectivity index is 1.55. The molecule has 1 aromatic carbocycles. The van der Waals surface area contributed by atoms with Gasteiger partial charge in [0.25, 0.3) is 0 Å². The summed E-state index contributed by atoms with van der Waals surface area (Å²) in [5, 5.41) is 11.9. The van der Waals surface area contributed by atoms with Gasteiger partial charge in [0.15, 0.2) is 0 Å². The van der Waals surface area contributed by atoms with E-state index in [0.29, 0.717) is 18.4 Å². The van der Waals surface area contributed by atoms with Gasteiger partial charge in [0.2, 0.25) is 5.95 Å². The lowest BCUT2D eigenvalue weighted by molar-refractivity contribution is 0.177. The van der Waals surface area contributed by atoms with Crippen molar-refractivity contribution in [2.45, 2.75) is 39.8 Å². The Morgan fingerprint density at radius 2 is 1.93 bits per heavy atom. The molecule has 1 saturated heterocycles. The van der Waals surface area contributed by atoms with E-state index >= 15 is 0 Å². The van der Waals surface area contributed by atoms with Crippen LogP contribution in [0, 0.1) is 12.8 Å². The molecule has 9 heteroatoms. The number of aromatic nitrogens is 5. The number of anilines is 2. The zero-order valence-corrected chi connectivity index (χ0v) is 17.5. The Bertz CT molecular complexity index is 1030. The summed E-state index contributed by atoms with van der Waals surface area (Å²) in [7, 11) is 0. The van der Waals surface area contributed by atoms with Gasteiger partial charge in [-0.2, -0.15) is 4.98 Å². The third-order valence-corrected chi connectivity index (χ3v) is 5.25. The first kappa shape index (κ1) is 19.8.